The van der Waals surface area contributed by atoms with Gasteiger partial charge >= 0.3 is 6.09 Å². The van der Waals surface area contributed by atoms with Gasteiger partial charge in [0.25, 0.3) is 0 Å². The maximum atomic E-state index is 16.1. The SMILES string of the molecule is CC(C)c1cccc(C(C)C)c1N(C)C(F)=[N+](C)c1c(C(C)C)cccc1C(C)C. The molecule has 30 heavy (non-hydrogen) atoms. The molecule has 164 valence electrons. The van der Waals surface area contributed by atoms with Crippen LogP contribution in [0.15, 0.2) is 36.4 Å². The lowest BCUT2D eigenvalue weighted by Gasteiger charge is -2.23. The van der Waals surface area contributed by atoms with Crippen LogP contribution in [0.3, 0.4) is 0 Å². The lowest BCUT2D eigenvalue weighted by atomic mass is 9.92. The summed E-state index contributed by atoms with van der Waals surface area (Å²) in [5.74, 6) is 1.25. The van der Waals surface area contributed by atoms with Crippen LogP contribution in [-0.2, 0) is 0 Å². The largest absolute Gasteiger partial charge is 0.446 e. The smallest absolute Gasteiger partial charge is 0.203 e. The van der Waals surface area contributed by atoms with Gasteiger partial charge in [-0.25, -0.2) is 9.48 Å². The van der Waals surface area contributed by atoms with Gasteiger partial charge in [-0.3, -0.25) is 0 Å². The van der Waals surface area contributed by atoms with Crippen LogP contribution in [0.4, 0.5) is 15.8 Å². The quantitative estimate of drug-likeness (QED) is 0.202. The third-order valence-corrected chi connectivity index (χ3v) is 5.91. The van der Waals surface area contributed by atoms with Crippen LogP contribution in [0.1, 0.15) is 101 Å². The van der Waals surface area contributed by atoms with Gasteiger partial charge in [0, 0.05) is 22.3 Å². The van der Waals surface area contributed by atoms with Crippen molar-refractivity contribution in [3.05, 3.63) is 58.7 Å². The number of benzene rings is 2. The van der Waals surface area contributed by atoms with E-state index in [1.807, 2.05) is 14.1 Å². The normalized spacial score (nSPS) is 12.9. The van der Waals surface area contributed by atoms with Crippen molar-refractivity contribution in [2.75, 3.05) is 19.0 Å². The van der Waals surface area contributed by atoms with Gasteiger partial charge in [0.1, 0.15) is 11.4 Å². The summed E-state index contributed by atoms with van der Waals surface area (Å²) in [6.07, 6.45) is -0.250. The van der Waals surface area contributed by atoms with Gasteiger partial charge in [0.15, 0.2) is 0 Å². The summed E-state index contributed by atoms with van der Waals surface area (Å²) in [5.41, 5.74) is 6.67. The Labute approximate surface area is 183 Å². The van der Waals surface area contributed by atoms with Gasteiger partial charge < -0.3 is 0 Å². The first-order valence-electron chi connectivity index (χ1n) is 11.2. The number of halogens is 1. The van der Waals surface area contributed by atoms with Gasteiger partial charge in [-0.05, 0) is 23.7 Å². The molecular weight excluding hydrogens is 371 g/mol. The molecule has 0 saturated carbocycles. The van der Waals surface area contributed by atoms with Crippen molar-refractivity contribution >= 4 is 17.5 Å². The number of nitrogens with zero attached hydrogens (tertiary/aromatic N) is 2. The van der Waals surface area contributed by atoms with E-state index in [1.165, 1.54) is 22.3 Å². The van der Waals surface area contributed by atoms with Gasteiger partial charge in [-0.1, -0.05) is 91.8 Å². The van der Waals surface area contributed by atoms with E-state index in [0.717, 1.165) is 11.4 Å². The van der Waals surface area contributed by atoms with Crippen LogP contribution in [0, 0.1) is 0 Å². The van der Waals surface area contributed by atoms with Crippen molar-refractivity contribution in [1.29, 1.82) is 0 Å². The molecule has 2 nitrogen and oxygen atoms in total. The zero-order valence-electron chi connectivity index (χ0n) is 20.5. The van der Waals surface area contributed by atoms with Gasteiger partial charge in [0.2, 0.25) is 0 Å². The molecule has 0 aliphatic carbocycles. The third-order valence-electron chi connectivity index (χ3n) is 5.91. The Kier molecular flexibility index (Phi) is 7.85. The second kappa shape index (κ2) is 9.76. The molecule has 0 bridgehead atoms. The lowest BCUT2D eigenvalue weighted by Crippen LogP contribution is -2.31. The molecule has 0 aliphatic rings. The molecule has 0 aromatic heterocycles. The zero-order valence-corrected chi connectivity index (χ0v) is 20.5. The summed E-state index contributed by atoms with van der Waals surface area (Å²) >= 11 is 0. The number of rotatable bonds is 6. The summed E-state index contributed by atoms with van der Waals surface area (Å²) in [5, 5.41) is 0. The van der Waals surface area contributed by atoms with Crippen LogP contribution in [0.5, 0.6) is 0 Å². The van der Waals surface area contributed by atoms with Gasteiger partial charge in [0.05, 0.1) is 14.1 Å². The minimum absolute atomic E-state index is 0.250. The first-order valence-corrected chi connectivity index (χ1v) is 11.2. The van der Waals surface area contributed by atoms with Crippen molar-refractivity contribution in [1.82, 2.24) is 0 Å². The van der Waals surface area contributed by atoms with Crippen molar-refractivity contribution < 1.29 is 8.97 Å². The molecule has 2 aromatic rings. The van der Waals surface area contributed by atoms with E-state index in [2.05, 4.69) is 91.8 Å². The maximum Gasteiger partial charge on any atom is 0.446 e. The first-order chi connectivity index (χ1) is 14.0. The van der Waals surface area contributed by atoms with Gasteiger partial charge in [-0.2, -0.15) is 0 Å². The molecule has 0 aliphatic heterocycles. The molecule has 0 heterocycles. The van der Waals surface area contributed by atoms with Crippen LogP contribution < -0.4 is 4.90 Å². The van der Waals surface area contributed by atoms with E-state index in [0.29, 0.717) is 23.7 Å². The molecular formula is C27H40FN2+. The van der Waals surface area contributed by atoms with Crippen molar-refractivity contribution in [2.45, 2.75) is 79.1 Å². The number of amidine groups is 1. The lowest BCUT2D eigenvalue weighted by molar-refractivity contribution is -0.414. The fourth-order valence-electron chi connectivity index (χ4n) is 4.21. The Hall–Kier alpha value is -2.16. The highest BCUT2D eigenvalue weighted by Gasteiger charge is 2.30. The van der Waals surface area contributed by atoms with E-state index in [4.69, 9.17) is 0 Å². The van der Waals surface area contributed by atoms with Crippen molar-refractivity contribution in [2.24, 2.45) is 0 Å². The Balaban J connectivity index is 2.76. The predicted octanol–water partition coefficient (Wildman–Crippen LogP) is 7.92. The average Bonchev–Trinajstić information content (AvgIpc) is 2.70. The van der Waals surface area contributed by atoms with Crippen LogP contribution in [0.2, 0.25) is 0 Å². The second-order valence-corrected chi connectivity index (χ2v) is 9.58. The molecule has 0 atom stereocenters. The molecule has 0 fully saturated rings. The molecule has 2 rings (SSSR count). The number of hydrogen-bond donors (Lipinski definition) is 0. The number of hydrogen-bond acceptors (Lipinski definition) is 0. The Morgan fingerprint density at radius 1 is 0.700 bits per heavy atom. The molecule has 2 aromatic carbocycles. The second-order valence-electron chi connectivity index (χ2n) is 9.58. The van der Waals surface area contributed by atoms with Gasteiger partial charge in [-0.15, -0.1) is 4.39 Å². The highest BCUT2D eigenvalue weighted by atomic mass is 19.1. The summed E-state index contributed by atoms with van der Waals surface area (Å²) in [7, 11) is 3.71. The number of anilines is 1. The molecule has 0 saturated heterocycles. The Bertz CT molecular complexity index is 855. The maximum absolute atomic E-state index is 16.1. The standard InChI is InChI=1S/C27H40FN2/c1-17(2)21-13-11-14-22(18(3)4)25(21)29(9)27(28)30(10)26-23(19(5)6)15-12-16-24(26)20(7)8/h11-20H,1-10H3/q+1. The van der Waals surface area contributed by atoms with E-state index < -0.39 is 0 Å². The topological polar surface area (TPSA) is 6.25 Å². The third kappa shape index (κ3) is 4.77. The highest BCUT2D eigenvalue weighted by Crippen LogP contribution is 2.37. The van der Waals surface area contributed by atoms with Crippen LogP contribution in [0.25, 0.3) is 0 Å². The molecule has 0 amide bonds. The van der Waals surface area contributed by atoms with Crippen LogP contribution >= 0.6 is 0 Å². The minimum Gasteiger partial charge on any atom is -0.203 e. The van der Waals surface area contributed by atoms with E-state index >= 15 is 4.39 Å². The zero-order chi connectivity index (χ0) is 22.7. The van der Waals surface area contributed by atoms with E-state index in [1.54, 1.807) is 9.48 Å². The summed E-state index contributed by atoms with van der Waals surface area (Å²) in [6, 6.07) is 12.7. The predicted molar refractivity (Wildman–Crippen MR) is 130 cm³/mol. The fraction of sp³-hybridized carbons (Fsp3) is 0.519. The van der Waals surface area contributed by atoms with Crippen molar-refractivity contribution in [3.8, 4) is 0 Å². The minimum atomic E-state index is -0.250. The summed E-state index contributed by atoms with van der Waals surface area (Å²) in [4.78, 5) is 1.74. The first kappa shape index (κ1) is 24.1. The van der Waals surface area contributed by atoms with Crippen molar-refractivity contribution in [3.63, 3.8) is 0 Å². The molecule has 0 spiro atoms. The van der Waals surface area contributed by atoms with Crippen LogP contribution in [-0.4, -0.2) is 24.8 Å². The summed E-state index contributed by atoms with van der Waals surface area (Å²) in [6.45, 7) is 17.4. The molecule has 0 radical (unpaired) electrons. The molecule has 0 N–H and O–H groups in total. The molecule has 3 heteroatoms. The number of para-hydroxylation sites is 2. The van der Waals surface area contributed by atoms with E-state index in [-0.39, 0.29) is 6.09 Å². The monoisotopic (exact) mass is 411 g/mol. The Morgan fingerprint density at radius 2 is 1.03 bits per heavy atom. The Morgan fingerprint density at radius 3 is 1.37 bits per heavy atom. The molecule has 0 unspecified atom stereocenters. The summed E-state index contributed by atoms with van der Waals surface area (Å²) < 4.78 is 17.8. The van der Waals surface area contributed by atoms with E-state index in [9.17, 15) is 0 Å². The highest BCUT2D eigenvalue weighted by molar-refractivity contribution is 5.90. The average molecular weight is 412 g/mol. The fourth-order valence-corrected chi connectivity index (χ4v) is 4.21.